The number of carbonyl (C=O) groups is 4. The Kier molecular flexibility index (Phi) is 11.5. The van der Waals surface area contributed by atoms with Crippen LogP contribution in [0.4, 0.5) is 0 Å². The van der Waals surface area contributed by atoms with E-state index in [0.29, 0.717) is 44.0 Å². The van der Waals surface area contributed by atoms with Gasteiger partial charge in [0, 0.05) is 36.5 Å². The lowest BCUT2D eigenvalue weighted by atomic mass is 9.95. The van der Waals surface area contributed by atoms with E-state index in [9.17, 15) is 19.2 Å². The van der Waals surface area contributed by atoms with Crippen molar-refractivity contribution in [2.45, 2.75) is 37.8 Å². The van der Waals surface area contributed by atoms with Crippen LogP contribution >= 0.6 is 0 Å². The Morgan fingerprint density at radius 3 is 2.27 bits per heavy atom. The van der Waals surface area contributed by atoms with E-state index >= 15 is 0 Å². The SMILES string of the molecule is NC(=N/C=C/C#Cc1ccc(-c2cnc([C@@H]3CCCN3C(=O)CNC=O)[nH]2)cc1-c1ccc(-c2ccccc2)cc1)C1CCCN1C(=O)CNC=O. The van der Waals surface area contributed by atoms with Crippen molar-refractivity contribution >= 4 is 30.5 Å². The normalized spacial score (nSPS) is 17.1. The molecule has 12 heteroatoms. The van der Waals surface area contributed by atoms with Gasteiger partial charge in [-0.3, -0.25) is 19.2 Å². The van der Waals surface area contributed by atoms with Gasteiger partial charge in [0.05, 0.1) is 37.1 Å². The van der Waals surface area contributed by atoms with E-state index < -0.39 is 0 Å². The van der Waals surface area contributed by atoms with Gasteiger partial charge in [-0.25, -0.2) is 9.98 Å². The van der Waals surface area contributed by atoms with Crippen molar-refractivity contribution in [2.75, 3.05) is 26.2 Å². The molecule has 4 aromatic rings. The van der Waals surface area contributed by atoms with Gasteiger partial charge in [-0.2, -0.15) is 0 Å². The zero-order valence-electron chi connectivity index (χ0n) is 28.6. The molecule has 12 nitrogen and oxygen atoms in total. The molecule has 2 aliphatic heterocycles. The molecule has 264 valence electrons. The number of amides is 4. The second kappa shape index (κ2) is 17.0. The Hall–Kier alpha value is -6.48. The minimum atomic E-state index is -0.323. The van der Waals surface area contributed by atoms with E-state index in [1.54, 1.807) is 22.1 Å². The number of nitrogens with one attached hydrogen (secondary N) is 3. The quantitative estimate of drug-likeness (QED) is 0.0762. The van der Waals surface area contributed by atoms with Crippen molar-refractivity contribution in [2.24, 2.45) is 10.7 Å². The zero-order chi connectivity index (χ0) is 36.3. The number of imidazole rings is 1. The number of hydrogen-bond acceptors (Lipinski definition) is 6. The number of H-pyrrole nitrogens is 1. The van der Waals surface area contributed by atoms with Crippen LogP contribution in [0.1, 0.15) is 43.1 Å². The highest BCUT2D eigenvalue weighted by molar-refractivity contribution is 5.92. The first-order valence-electron chi connectivity index (χ1n) is 17.2. The van der Waals surface area contributed by atoms with Gasteiger partial charge in [-0.05, 0) is 60.1 Å². The van der Waals surface area contributed by atoms with Gasteiger partial charge in [0.25, 0.3) is 0 Å². The molecule has 0 bridgehead atoms. The third-order valence-electron chi connectivity index (χ3n) is 9.29. The maximum absolute atomic E-state index is 12.7. The lowest BCUT2D eigenvalue weighted by Crippen LogP contribution is -2.46. The number of nitrogens with zero attached hydrogens (tertiary/aromatic N) is 4. The molecule has 1 aromatic heterocycles. The van der Waals surface area contributed by atoms with Gasteiger partial charge in [0.2, 0.25) is 24.6 Å². The van der Waals surface area contributed by atoms with Crippen molar-refractivity contribution in [3.63, 3.8) is 0 Å². The van der Waals surface area contributed by atoms with Gasteiger partial charge < -0.3 is 31.2 Å². The fourth-order valence-electron chi connectivity index (χ4n) is 6.73. The molecule has 2 atom stereocenters. The van der Waals surface area contributed by atoms with Gasteiger partial charge in [-0.1, -0.05) is 72.5 Å². The second-order valence-electron chi connectivity index (χ2n) is 12.5. The number of likely N-dealkylation sites (tertiary alicyclic amines) is 2. The van der Waals surface area contributed by atoms with Gasteiger partial charge in [0.1, 0.15) is 11.7 Å². The first-order valence-corrected chi connectivity index (χ1v) is 17.2. The number of aromatic nitrogens is 2. The first kappa shape index (κ1) is 35.3. The van der Waals surface area contributed by atoms with Gasteiger partial charge in [-0.15, -0.1) is 0 Å². The van der Waals surface area contributed by atoms with Crippen molar-refractivity contribution < 1.29 is 19.2 Å². The summed E-state index contributed by atoms with van der Waals surface area (Å²) in [6.45, 7) is 1.06. The first-order chi connectivity index (χ1) is 25.5. The standard InChI is InChI=1S/C40H40N8O4/c41-39(35-11-6-20-47(35)37(51)24-42-26-49)44-19-5-4-10-30-17-18-32(22-33(30)31-15-13-29(14-16-31)28-8-2-1-3-9-28)34-23-45-40(46-34)36-12-7-21-48(36)38(52)25-43-27-50/h1-3,5,8-9,13-19,22-23,26-27,35-36H,6-7,11-12,20-21,24-25H2,(H2,41,44)(H,42,49)(H,43,50)(H,45,46)/b19-5+/t35?,36-/m0/s1. The molecular weight excluding hydrogens is 656 g/mol. The highest BCUT2D eigenvalue weighted by Crippen LogP contribution is 2.34. The highest BCUT2D eigenvalue weighted by atomic mass is 16.2. The summed E-state index contributed by atoms with van der Waals surface area (Å²) in [5, 5.41) is 4.87. The van der Waals surface area contributed by atoms with Crippen molar-refractivity contribution in [3.05, 3.63) is 103 Å². The summed E-state index contributed by atoms with van der Waals surface area (Å²) in [5.41, 5.74) is 12.9. The molecule has 3 heterocycles. The van der Waals surface area contributed by atoms with Crippen LogP contribution in [0.2, 0.25) is 0 Å². The Balaban J connectivity index is 1.25. The average molecular weight is 697 g/mol. The maximum Gasteiger partial charge on any atom is 0.242 e. The van der Waals surface area contributed by atoms with Crippen molar-refractivity contribution in [3.8, 4) is 45.4 Å². The van der Waals surface area contributed by atoms with E-state index in [1.807, 2.05) is 30.3 Å². The highest BCUT2D eigenvalue weighted by Gasteiger charge is 2.32. The monoisotopic (exact) mass is 696 g/mol. The molecule has 1 unspecified atom stereocenters. The summed E-state index contributed by atoms with van der Waals surface area (Å²) >= 11 is 0. The van der Waals surface area contributed by atoms with Crippen LogP contribution in [0.25, 0.3) is 33.5 Å². The molecule has 3 aromatic carbocycles. The summed E-state index contributed by atoms with van der Waals surface area (Å²) in [6.07, 6.45) is 9.12. The van der Waals surface area contributed by atoms with Crippen LogP contribution in [0.15, 0.2) is 96.3 Å². The van der Waals surface area contributed by atoms with Crippen LogP contribution < -0.4 is 16.4 Å². The average Bonchev–Trinajstić information content (AvgIpc) is 3.98. The van der Waals surface area contributed by atoms with Gasteiger partial charge in [0.15, 0.2) is 0 Å². The number of benzene rings is 3. The second-order valence-corrected chi connectivity index (χ2v) is 12.5. The third kappa shape index (κ3) is 8.27. The lowest BCUT2D eigenvalue weighted by Gasteiger charge is -2.23. The molecule has 2 fully saturated rings. The molecule has 5 N–H and O–H groups in total. The number of nitrogens with two attached hydrogens (primary N) is 1. The molecule has 0 saturated carbocycles. The number of amidine groups is 1. The van der Waals surface area contributed by atoms with Crippen LogP contribution in [0.5, 0.6) is 0 Å². The van der Waals surface area contributed by atoms with Gasteiger partial charge >= 0.3 is 0 Å². The summed E-state index contributed by atoms with van der Waals surface area (Å²) in [5.74, 6) is 7.03. The molecule has 6 rings (SSSR count). The predicted molar refractivity (Wildman–Crippen MR) is 199 cm³/mol. The molecule has 52 heavy (non-hydrogen) atoms. The minimum Gasteiger partial charge on any atom is -0.385 e. The van der Waals surface area contributed by atoms with E-state index in [-0.39, 0.29) is 37.0 Å². The number of hydrogen-bond donors (Lipinski definition) is 4. The summed E-state index contributed by atoms with van der Waals surface area (Å²) in [4.78, 5) is 62.4. The summed E-state index contributed by atoms with van der Waals surface area (Å²) in [7, 11) is 0. The number of allylic oxidation sites excluding steroid dienone is 1. The van der Waals surface area contributed by atoms with Crippen LogP contribution in [0, 0.1) is 11.8 Å². The number of rotatable bonds is 12. The zero-order valence-corrected chi connectivity index (χ0v) is 28.6. The molecule has 0 radical (unpaired) electrons. The largest absolute Gasteiger partial charge is 0.385 e. The van der Waals surface area contributed by atoms with Crippen LogP contribution in [0.3, 0.4) is 0 Å². The molecule has 0 spiro atoms. The molecule has 2 saturated heterocycles. The minimum absolute atomic E-state index is 0.0428. The van der Waals surface area contributed by atoms with Crippen LogP contribution in [-0.4, -0.2) is 82.5 Å². The van der Waals surface area contributed by atoms with E-state index in [0.717, 1.165) is 58.3 Å². The topological polar surface area (TPSA) is 166 Å². The Morgan fingerprint density at radius 2 is 1.52 bits per heavy atom. The molecule has 2 aliphatic rings. The van der Waals surface area contributed by atoms with Crippen molar-refractivity contribution in [1.82, 2.24) is 30.4 Å². The third-order valence-corrected chi connectivity index (χ3v) is 9.29. The molecular formula is C40H40N8O4. The fraction of sp³-hybridized carbons (Fsp3) is 0.250. The summed E-state index contributed by atoms with van der Waals surface area (Å²) in [6, 6.07) is 24.1. The smallest absolute Gasteiger partial charge is 0.242 e. The van der Waals surface area contributed by atoms with E-state index in [2.05, 4.69) is 79.9 Å². The number of aliphatic imine (C=N–C) groups is 1. The Morgan fingerprint density at radius 1 is 0.865 bits per heavy atom. The molecule has 0 aliphatic carbocycles. The summed E-state index contributed by atoms with van der Waals surface area (Å²) < 4.78 is 0. The van der Waals surface area contributed by atoms with E-state index in [4.69, 9.17) is 5.73 Å². The fourth-order valence-corrected chi connectivity index (χ4v) is 6.73. The van der Waals surface area contributed by atoms with E-state index in [1.165, 1.54) is 6.20 Å². The Labute approximate surface area is 302 Å². The predicted octanol–water partition coefficient (Wildman–Crippen LogP) is 3.78. The van der Waals surface area contributed by atoms with Crippen molar-refractivity contribution in [1.29, 1.82) is 0 Å². The molecule has 4 amide bonds. The maximum atomic E-state index is 12.7. The number of carbonyl (C=O) groups excluding carboxylic acids is 4. The number of aromatic amines is 1. The lowest BCUT2D eigenvalue weighted by molar-refractivity contribution is -0.132. The van der Waals surface area contributed by atoms with Crippen LogP contribution in [-0.2, 0) is 19.2 Å². The Bertz CT molecular complexity index is 2030.